The lowest BCUT2D eigenvalue weighted by Crippen LogP contribution is -2.45. The van der Waals surface area contributed by atoms with Gasteiger partial charge in [0.2, 0.25) is 0 Å². The highest BCUT2D eigenvalue weighted by molar-refractivity contribution is 5.96. The molecule has 0 bridgehead atoms. The van der Waals surface area contributed by atoms with Crippen LogP contribution in [-0.4, -0.2) is 22.9 Å². The highest BCUT2D eigenvalue weighted by Crippen LogP contribution is 2.09. The summed E-state index contributed by atoms with van der Waals surface area (Å²) in [6.07, 6.45) is 3.07. The maximum Gasteiger partial charge on any atom is 0.329 e. The summed E-state index contributed by atoms with van der Waals surface area (Å²) in [4.78, 5) is 28.3. The fourth-order valence-electron chi connectivity index (χ4n) is 2.04. The zero-order valence-electron chi connectivity index (χ0n) is 13.2. The first-order chi connectivity index (χ1) is 11.1. The Balaban J connectivity index is 1.97. The van der Waals surface area contributed by atoms with E-state index in [1.807, 2.05) is 44.2 Å². The summed E-state index contributed by atoms with van der Waals surface area (Å²) in [6.45, 7) is 3.91. The normalized spacial score (nSPS) is 11.8. The van der Waals surface area contributed by atoms with E-state index in [4.69, 9.17) is 4.74 Å². The molecule has 0 saturated heterocycles. The Morgan fingerprint density at radius 2 is 1.74 bits per heavy atom. The lowest BCUT2D eigenvalue weighted by atomic mass is 10.0. The largest absolute Gasteiger partial charge is 0.459 e. The van der Waals surface area contributed by atoms with Gasteiger partial charge in [0.15, 0.2) is 0 Å². The van der Waals surface area contributed by atoms with E-state index in [0.717, 1.165) is 5.56 Å². The Morgan fingerprint density at radius 3 is 2.35 bits per heavy atom. The first-order valence-corrected chi connectivity index (χ1v) is 7.49. The van der Waals surface area contributed by atoms with Gasteiger partial charge in [-0.05, 0) is 23.6 Å². The number of carbonyl (C=O) groups is 2. The minimum absolute atomic E-state index is 0.0796. The maximum atomic E-state index is 12.3. The third-order valence-corrected chi connectivity index (χ3v) is 3.37. The Bertz CT molecular complexity index is 642. The van der Waals surface area contributed by atoms with Gasteiger partial charge in [-0.2, -0.15) is 0 Å². The van der Waals surface area contributed by atoms with E-state index in [0.29, 0.717) is 5.56 Å². The number of hydrogen-bond donors (Lipinski definition) is 1. The van der Waals surface area contributed by atoms with E-state index in [-0.39, 0.29) is 18.4 Å². The van der Waals surface area contributed by atoms with Gasteiger partial charge in [0, 0.05) is 18.0 Å². The number of benzene rings is 1. The molecular weight excluding hydrogens is 292 g/mol. The van der Waals surface area contributed by atoms with Crippen LogP contribution in [-0.2, 0) is 16.1 Å². The molecule has 2 aromatic rings. The highest BCUT2D eigenvalue weighted by atomic mass is 16.5. The quantitative estimate of drug-likeness (QED) is 0.832. The smallest absolute Gasteiger partial charge is 0.329 e. The van der Waals surface area contributed by atoms with Crippen LogP contribution >= 0.6 is 0 Å². The van der Waals surface area contributed by atoms with Crippen LogP contribution in [0, 0.1) is 5.92 Å². The summed E-state index contributed by atoms with van der Waals surface area (Å²) in [5.41, 5.74) is 1.37. The van der Waals surface area contributed by atoms with Gasteiger partial charge < -0.3 is 10.1 Å². The summed E-state index contributed by atoms with van der Waals surface area (Å²) in [5.74, 6) is -0.835. The van der Waals surface area contributed by atoms with Gasteiger partial charge in [-0.3, -0.25) is 9.78 Å². The van der Waals surface area contributed by atoms with E-state index >= 15 is 0 Å². The number of ether oxygens (including phenoxy) is 1. The molecule has 1 N–H and O–H groups in total. The van der Waals surface area contributed by atoms with Crippen molar-refractivity contribution in [3.63, 3.8) is 0 Å². The fourth-order valence-corrected chi connectivity index (χ4v) is 2.04. The van der Waals surface area contributed by atoms with Gasteiger partial charge in [0.05, 0.1) is 0 Å². The third kappa shape index (κ3) is 4.92. The second-order valence-electron chi connectivity index (χ2n) is 5.52. The molecule has 0 saturated carbocycles. The summed E-state index contributed by atoms with van der Waals surface area (Å²) >= 11 is 0. The molecular formula is C18H20N2O3. The summed E-state index contributed by atoms with van der Waals surface area (Å²) in [7, 11) is 0. The van der Waals surface area contributed by atoms with Gasteiger partial charge in [-0.15, -0.1) is 0 Å². The SMILES string of the molecule is CC(C)C(NC(=O)c1ccncc1)C(=O)OCc1ccccc1. The minimum atomic E-state index is -0.695. The van der Waals surface area contributed by atoms with Gasteiger partial charge in [0.25, 0.3) is 5.91 Å². The molecule has 5 heteroatoms. The molecule has 0 radical (unpaired) electrons. The van der Waals surface area contributed by atoms with Crippen molar-refractivity contribution in [2.45, 2.75) is 26.5 Å². The van der Waals surface area contributed by atoms with Gasteiger partial charge in [-0.1, -0.05) is 44.2 Å². The lowest BCUT2D eigenvalue weighted by molar-refractivity contribution is -0.148. The van der Waals surface area contributed by atoms with Crippen molar-refractivity contribution in [1.29, 1.82) is 0 Å². The number of carbonyl (C=O) groups excluding carboxylic acids is 2. The minimum Gasteiger partial charge on any atom is -0.459 e. The van der Waals surface area contributed by atoms with E-state index in [1.165, 1.54) is 12.4 Å². The van der Waals surface area contributed by atoms with Crippen LogP contribution in [0.4, 0.5) is 0 Å². The summed E-state index contributed by atoms with van der Waals surface area (Å²) in [5, 5.41) is 2.73. The van der Waals surface area contributed by atoms with Gasteiger partial charge in [0.1, 0.15) is 12.6 Å². The molecule has 2 rings (SSSR count). The number of aromatic nitrogens is 1. The topological polar surface area (TPSA) is 68.3 Å². The lowest BCUT2D eigenvalue weighted by Gasteiger charge is -2.21. The van der Waals surface area contributed by atoms with Crippen molar-refractivity contribution in [3.05, 3.63) is 66.0 Å². The third-order valence-electron chi connectivity index (χ3n) is 3.37. The van der Waals surface area contributed by atoms with Crippen LogP contribution in [0.25, 0.3) is 0 Å². The molecule has 0 spiro atoms. The molecule has 1 unspecified atom stereocenters. The number of pyridine rings is 1. The van der Waals surface area contributed by atoms with Crippen LogP contribution in [0.5, 0.6) is 0 Å². The van der Waals surface area contributed by atoms with E-state index in [2.05, 4.69) is 10.3 Å². The first kappa shape index (κ1) is 16.7. The van der Waals surface area contributed by atoms with Crippen LogP contribution in [0.15, 0.2) is 54.9 Å². The second kappa shape index (κ2) is 8.08. The maximum absolute atomic E-state index is 12.3. The van der Waals surface area contributed by atoms with Gasteiger partial charge >= 0.3 is 5.97 Å². The molecule has 1 amide bonds. The number of esters is 1. The summed E-state index contributed by atoms with van der Waals surface area (Å²) in [6, 6.07) is 11.9. The molecule has 1 atom stereocenters. The molecule has 120 valence electrons. The first-order valence-electron chi connectivity index (χ1n) is 7.49. The Morgan fingerprint density at radius 1 is 1.09 bits per heavy atom. The summed E-state index contributed by atoms with van der Waals surface area (Å²) < 4.78 is 5.32. The standard InChI is InChI=1S/C18H20N2O3/c1-13(2)16(20-17(21)15-8-10-19-11-9-15)18(22)23-12-14-6-4-3-5-7-14/h3-11,13,16H,12H2,1-2H3,(H,20,21). The molecule has 0 fully saturated rings. The average molecular weight is 312 g/mol. The van der Waals surface area contributed by atoms with Crippen molar-refractivity contribution in [2.24, 2.45) is 5.92 Å². The Kier molecular flexibility index (Phi) is 5.86. The molecule has 23 heavy (non-hydrogen) atoms. The van der Waals surface area contributed by atoms with Crippen molar-refractivity contribution < 1.29 is 14.3 Å². The number of rotatable bonds is 6. The van der Waals surface area contributed by atoms with Crippen molar-refractivity contribution in [2.75, 3.05) is 0 Å². The van der Waals surface area contributed by atoms with E-state index in [9.17, 15) is 9.59 Å². The van der Waals surface area contributed by atoms with Gasteiger partial charge in [-0.25, -0.2) is 4.79 Å². The molecule has 1 aromatic carbocycles. The van der Waals surface area contributed by atoms with Crippen molar-refractivity contribution in [1.82, 2.24) is 10.3 Å². The van der Waals surface area contributed by atoms with E-state index < -0.39 is 12.0 Å². The fraction of sp³-hybridized carbons (Fsp3) is 0.278. The van der Waals surface area contributed by atoms with Crippen molar-refractivity contribution >= 4 is 11.9 Å². The number of hydrogen-bond acceptors (Lipinski definition) is 4. The molecule has 0 aliphatic carbocycles. The van der Waals surface area contributed by atoms with Crippen LogP contribution < -0.4 is 5.32 Å². The zero-order chi connectivity index (χ0) is 16.7. The number of amides is 1. The molecule has 0 aliphatic heterocycles. The Hall–Kier alpha value is -2.69. The van der Waals surface area contributed by atoms with E-state index in [1.54, 1.807) is 12.1 Å². The molecule has 5 nitrogen and oxygen atoms in total. The van der Waals surface area contributed by atoms with Crippen LogP contribution in [0.2, 0.25) is 0 Å². The predicted octanol–water partition coefficient (Wildman–Crippen LogP) is 2.58. The molecule has 1 heterocycles. The molecule has 0 aliphatic rings. The van der Waals surface area contributed by atoms with Crippen LogP contribution in [0.1, 0.15) is 29.8 Å². The monoisotopic (exact) mass is 312 g/mol. The second-order valence-corrected chi connectivity index (χ2v) is 5.52. The highest BCUT2D eigenvalue weighted by Gasteiger charge is 2.26. The van der Waals surface area contributed by atoms with Crippen molar-refractivity contribution in [3.8, 4) is 0 Å². The predicted molar refractivity (Wildman–Crippen MR) is 86.6 cm³/mol. The van der Waals surface area contributed by atoms with Crippen LogP contribution in [0.3, 0.4) is 0 Å². The zero-order valence-corrected chi connectivity index (χ0v) is 13.2. The molecule has 1 aromatic heterocycles. The average Bonchev–Trinajstić information content (AvgIpc) is 2.58. The Labute approximate surface area is 135 Å². The number of nitrogens with zero attached hydrogens (tertiary/aromatic N) is 1. The number of nitrogens with one attached hydrogen (secondary N) is 1.